The van der Waals surface area contributed by atoms with Gasteiger partial charge >= 0.3 is 5.97 Å². The maximum absolute atomic E-state index is 12.0. The van der Waals surface area contributed by atoms with Crippen LogP contribution in [0.3, 0.4) is 0 Å². The first kappa shape index (κ1) is 19.6. The van der Waals surface area contributed by atoms with E-state index < -0.39 is 23.4 Å². The summed E-state index contributed by atoms with van der Waals surface area (Å²) in [6.07, 6.45) is 0. The molecular formula is C16H9Br2N3O5. The van der Waals surface area contributed by atoms with Crippen molar-refractivity contribution >= 4 is 55.1 Å². The number of amides is 1. The second-order valence-corrected chi connectivity index (χ2v) is 6.56. The zero-order valence-electron chi connectivity index (χ0n) is 12.9. The van der Waals surface area contributed by atoms with Crippen LogP contribution in [0, 0.1) is 21.4 Å². The highest BCUT2D eigenvalue weighted by atomic mass is 79.9. The highest BCUT2D eigenvalue weighted by Gasteiger charge is 2.17. The second kappa shape index (κ2) is 8.55. The number of nitrogens with zero attached hydrogens (tertiary/aromatic N) is 2. The van der Waals surface area contributed by atoms with Crippen LogP contribution in [0.4, 0.5) is 11.4 Å². The fourth-order valence-electron chi connectivity index (χ4n) is 1.86. The van der Waals surface area contributed by atoms with Gasteiger partial charge in [-0.1, -0.05) is 0 Å². The van der Waals surface area contributed by atoms with Gasteiger partial charge < -0.3 is 10.1 Å². The summed E-state index contributed by atoms with van der Waals surface area (Å²) >= 11 is 6.28. The Bertz CT molecular complexity index is 899. The van der Waals surface area contributed by atoms with Crippen molar-refractivity contribution in [3.8, 4) is 6.07 Å². The minimum Gasteiger partial charge on any atom is -0.452 e. The number of ether oxygens (including phenoxy) is 1. The first-order valence-corrected chi connectivity index (χ1v) is 8.51. The number of nitro benzene ring substituents is 1. The number of hydrogen-bond acceptors (Lipinski definition) is 6. The van der Waals surface area contributed by atoms with Crippen molar-refractivity contribution in [2.75, 3.05) is 11.9 Å². The zero-order valence-corrected chi connectivity index (χ0v) is 16.0. The van der Waals surface area contributed by atoms with E-state index >= 15 is 0 Å². The Morgan fingerprint density at radius 3 is 2.27 bits per heavy atom. The first-order valence-electron chi connectivity index (χ1n) is 6.92. The van der Waals surface area contributed by atoms with E-state index in [9.17, 15) is 19.7 Å². The lowest BCUT2D eigenvalue weighted by Gasteiger charge is -2.10. The molecule has 0 saturated heterocycles. The van der Waals surface area contributed by atoms with E-state index in [4.69, 9.17) is 10.00 Å². The molecule has 0 saturated carbocycles. The summed E-state index contributed by atoms with van der Waals surface area (Å²) < 4.78 is 5.50. The molecule has 0 aliphatic rings. The van der Waals surface area contributed by atoms with Crippen molar-refractivity contribution in [1.29, 1.82) is 5.26 Å². The molecule has 132 valence electrons. The number of carbonyl (C=O) groups is 2. The van der Waals surface area contributed by atoms with Crippen LogP contribution in [0.5, 0.6) is 0 Å². The molecule has 1 N–H and O–H groups in total. The van der Waals surface area contributed by atoms with Gasteiger partial charge in [-0.15, -0.1) is 0 Å². The average Bonchev–Trinajstić information content (AvgIpc) is 2.62. The van der Waals surface area contributed by atoms with E-state index in [0.29, 0.717) is 14.5 Å². The second-order valence-electron chi connectivity index (χ2n) is 4.85. The van der Waals surface area contributed by atoms with Gasteiger partial charge in [-0.3, -0.25) is 14.9 Å². The van der Waals surface area contributed by atoms with Crippen LogP contribution in [-0.2, 0) is 9.53 Å². The van der Waals surface area contributed by atoms with Gasteiger partial charge in [0.25, 0.3) is 11.6 Å². The van der Waals surface area contributed by atoms with E-state index in [0.717, 1.165) is 0 Å². The van der Waals surface area contributed by atoms with Crippen molar-refractivity contribution in [2.45, 2.75) is 0 Å². The van der Waals surface area contributed by atoms with Gasteiger partial charge in [0.1, 0.15) is 0 Å². The maximum atomic E-state index is 12.0. The number of esters is 1. The molecule has 0 aromatic heterocycles. The summed E-state index contributed by atoms with van der Waals surface area (Å²) in [7, 11) is 0. The SMILES string of the molecule is N#Cc1ccc(C(=O)OCC(=O)Nc2c(Br)cc([N+](=O)[O-])cc2Br)cc1. The van der Waals surface area contributed by atoms with Crippen molar-refractivity contribution in [1.82, 2.24) is 0 Å². The van der Waals surface area contributed by atoms with E-state index in [1.807, 2.05) is 6.07 Å². The zero-order chi connectivity index (χ0) is 19.3. The topological polar surface area (TPSA) is 122 Å². The molecule has 0 atom stereocenters. The molecule has 2 rings (SSSR count). The van der Waals surface area contributed by atoms with E-state index in [1.165, 1.54) is 36.4 Å². The fourth-order valence-corrected chi connectivity index (χ4v) is 3.22. The van der Waals surface area contributed by atoms with Gasteiger partial charge in [0, 0.05) is 21.1 Å². The van der Waals surface area contributed by atoms with Crippen LogP contribution in [0.2, 0.25) is 0 Å². The summed E-state index contributed by atoms with van der Waals surface area (Å²) in [5.41, 5.74) is 0.714. The number of halogens is 2. The number of nitriles is 1. The number of anilines is 1. The lowest BCUT2D eigenvalue weighted by atomic mass is 10.1. The van der Waals surface area contributed by atoms with E-state index in [-0.39, 0.29) is 16.9 Å². The van der Waals surface area contributed by atoms with Gasteiger partial charge in [-0.2, -0.15) is 5.26 Å². The van der Waals surface area contributed by atoms with Crippen LogP contribution < -0.4 is 5.32 Å². The third kappa shape index (κ3) is 4.87. The number of nitro groups is 1. The quantitative estimate of drug-likeness (QED) is 0.393. The largest absolute Gasteiger partial charge is 0.452 e. The average molecular weight is 483 g/mol. The standard InChI is InChI=1S/C16H9Br2N3O5/c17-12-5-11(21(24)25)6-13(18)15(12)20-14(22)8-26-16(23)10-3-1-9(7-19)2-4-10/h1-6H,8H2,(H,20,22). The molecular weight excluding hydrogens is 474 g/mol. The number of rotatable bonds is 5. The van der Waals surface area contributed by atoms with E-state index in [1.54, 1.807) is 0 Å². The predicted octanol–water partition coefficient (Wildman–Crippen LogP) is 3.79. The molecule has 0 spiro atoms. The van der Waals surface area contributed by atoms with Gasteiger partial charge in [0.2, 0.25) is 0 Å². The highest BCUT2D eigenvalue weighted by molar-refractivity contribution is 9.11. The molecule has 26 heavy (non-hydrogen) atoms. The highest BCUT2D eigenvalue weighted by Crippen LogP contribution is 2.35. The maximum Gasteiger partial charge on any atom is 0.338 e. The lowest BCUT2D eigenvalue weighted by Crippen LogP contribution is -2.21. The molecule has 10 heteroatoms. The van der Waals surface area contributed by atoms with Crippen molar-refractivity contribution in [3.63, 3.8) is 0 Å². The summed E-state index contributed by atoms with van der Waals surface area (Å²) in [5.74, 6) is -1.34. The molecule has 2 aromatic rings. The summed E-state index contributed by atoms with van der Waals surface area (Å²) in [4.78, 5) is 34.1. The number of carbonyl (C=O) groups excluding carboxylic acids is 2. The molecule has 0 aliphatic carbocycles. The molecule has 0 aliphatic heterocycles. The predicted molar refractivity (Wildman–Crippen MR) is 98.6 cm³/mol. The first-order chi connectivity index (χ1) is 12.3. The Balaban J connectivity index is 1.99. The van der Waals surface area contributed by atoms with E-state index in [2.05, 4.69) is 37.2 Å². The number of hydrogen-bond donors (Lipinski definition) is 1. The van der Waals surface area contributed by atoms with Gasteiger partial charge in [0.15, 0.2) is 6.61 Å². The van der Waals surface area contributed by atoms with Gasteiger partial charge in [0.05, 0.1) is 27.8 Å². The Labute approximate surface area is 164 Å². The molecule has 2 aromatic carbocycles. The summed E-state index contributed by atoms with van der Waals surface area (Å²) in [5, 5.41) is 22.0. The van der Waals surface area contributed by atoms with Crippen LogP contribution in [0.25, 0.3) is 0 Å². The number of benzene rings is 2. The molecule has 8 nitrogen and oxygen atoms in total. The van der Waals surface area contributed by atoms with Crippen molar-refractivity contribution < 1.29 is 19.2 Å². The molecule has 1 amide bonds. The van der Waals surface area contributed by atoms with Gasteiger partial charge in [-0.05, 0) is 56.1 Å². The molecule has 0 heterocycles. The monoisotopic (exact) mass is 481 g/mol. The van der Waals surface area contributed by atoms with Crippen molar-refractivity contribution in [2.24, 2.45) is 0 Å². The molecule has 0 bridgehead atoms. The third-order valence-corrected chi connectivity index (χ3v) is 4.34. The smallest absolute Gasteiger partial charge is 0.338 e. The Morgan fingerprint density at radius 2 is 1.77 bits per heavy atom. The summed E-state index contributed by atoms with van der Waals surface area (Å²) in [6.45, 7) is -0.547. The molecule has 0 unspecified atom stereocenters. The summed E-state index contributed by atoms with van der Waals surface area (Å²) in [6, 6.07) is 10.2. The molecule has 0 radical (unpaired) electrons. The Kier molecular flexibility index (Phi) is 6.43. The molecule has 0 fully saturated rings. The minimum atomic E-state index is -0.716. The van der Waals surface area contributed by atoms with Crippen LogP contribution in [0.15, 0.2) is 45.3 Å². The fraction of sp³-hybridized carbons (Fsp3) is 0.0625. The van der Waals surface area contributed by atoms with Crippen LogP contribution in [0.1, 0.15) is 15.9 Å². The number of non-ortho nitro benzene ring substituents is 1. The Morgan fingerprint density at radius 1 is 1.19 bits per heavy atom. The number of nitrogens with one attached hydrogen (secondary N) is 1. The normalized spacial score (nSPS) is 9.88. The van der Waals surface area contributed by atoms with Crippen molar-refractivity contribution in [3.05, 3.63) is 66.6 Å². The lowest BCUT2D eigenvalue weighted by molar-refractivity contribution is -0.385. The Hall–Kier alpha value is -2.77. The van der Waals surface area contributed by atoms with Gasteiger partial charge in [-0.25, -0.2) is 4.79 Å². The van der Waals surface area contributed by atoms with Crippen LogP contribution >= 0.6 is 31.9 Å². The van der Waals surface area contributed by atoms with Crippen LogP contribution in [-0.4, -0.2) is 23.4 Å². The third-order valence-electron chi connectivity index (χ3n) is 3.09. The minimum absolute atomic E-state index is 0.158.